The minimum absolute atomic E-state index is 0.135. The molecule has 0 saturated carbocycles. The molecular formula is C20H24N2O5S. The topological polar surface area (TPSA) is 76.2 Å². The Kier molecular flexibility index (Phi) is 6.21. The number of hydrogen-bond donors (Lipinski definition) is 0. The molecule has 1 heterocycles. The molecule has 7 nitrogen and oxygen atoms in total. The normalized spacial score (nSPS) is 14.6. The molecule has 0 bridgehead atoms. The summed E-state index contributed by atoms with van der Waals surface area (Å²) in [6, 6.07) is 13.3. The van der Waals surface area contributed by atoms with Crippen molar-refractivity contribution >= 4 is 21.6 Å². The SMILES string of the molecule is COc1cccc(N(CC(=O)N2CCOCC2)S(=O)(=O)c2ccc(C)cc2)c1. The van der Waals surface area contributed by atoms with Crippen molar-refractivity contribution in [3.8, 4) is 5.75 Å². The molecule has 3 rings (SSSR count). The molecule has 0 spiro atoms. The van der Waals surface area contributed by atoms with Gasteiger partial charge in [0.2, 0.25) is 5.91 Å². The lowest BCUT2D eigenvalue weighted by Gasteiger charge is -2.30. The van der Waals surface area contributed by atoms with Crippen LogP contribution in [0.3, 0.4) is 0 Å². The monoisotopic (exact) mass is 404 g/mol. The van der Waals surface area contributed by atoms with Crippen molar-refractivity contribution in [3.63, 3.8) is 0 Å². The van der Waals surface area contributed by atoms with Crippen molar-refractivity contribution in [2.45, 2.75) is 11.8 Å². The molecule has 28 heavy (non-hydrogen) atoms. The maximum absolute atomic E-state index is 13.4. The molecule has 0 N–H and O–H groups in total. The lowest BCUT2D eigenvalue weighted by Crippen LogP contribution is -2.47. The highest BCUT2D eigenvalue weighted by atomic mass is 32.2. The maximum Gasteiger partial charge on any atom is 0.264 e. The van der Waals surface area contributed by atoms with E-state index in [1.165, 1.54) is 7.11 Å². The Labute approximate surface area is 165 Å². The number of ether oxygens (including phenoxy) is 2. The van der Waals surface area contributed by atoms with Crippen LogP contribution in [0.2, 0.25) is 0 Å². The molecule has 8 heteroatoms. The maximum atomic E-state index is 13.4. The van der Waals surface area contributed by atoms with Gasteiger partial charge in [-0.25, -0.2) is 8.42 Å². The number of benzene rings is 2. The molecule has 0 radical (unpaired) electrons. The highest BCUT2D eigenvalue weighted by Crippen LogP contribution is 2.27. The van der Waals surface area contributed by atoms with Crippen LogP contribution in [0, 0.1) is 6.92 Å². The van der Waals surface area contributed by atoms with Crippen LogP contribution >= 0.6 is 0 Å². The number of aryl methyl sites for hydroxylation is 1. The first-order valence-corrected chi connectivity index (χ1v) is 10.4. The predicted octanol–water partition coefficient (Wildman–Crippen LogP) is 2.06. The van der Waals surface area contributed by atoms with Crippen molar-refractivity contribution in [2.24, 2.45) is 0 Å². The molecule has 2 aromatic rings. The van der Waals surface area contributed by atoms with Crippen LogP contribution in [0.1, 0.15) is 5.56 Å². The van der Waals surface area contributed by atoms with Crippen molar-refractivity contribution in [2.75, 3.05) is 44.3 Å². The lowest BCUT2D eigenvalue weighted by molar-refractivity contribution is -0.133. The van der Waals surface area contributed by atoms with Gasteiger partial charge in [-0.15, -0.1) is 0 Å². The van der Waals surface area contributed by atoms with Crippen molar-refractivity contribution in [1.82, 2.24) is 4.90 Å². The highest BCUT2D eigenvalue weighted by molar-refractivity contribution is 7.92. The molecular weight excluding hydrogens is 380 g/mol. The second-order valence-electron chi connectivity index (χ2n) is 6.52. The zero-order valence-corrected chi connectivity index (χ0v) is 16.8. The van der Waals surface area contributed by atoms with E-state index in [2.05, 4.69) is 0 Å². The van der Waals surface area contributed by atoms with E-state index in [1.807, 2.05) is 6.92 Å². The Hall–Kier alpha value is -2.58. The van der Waals surface area contributed by atoms with Gasteiger partial charge in [0, 0.05) is 19.2 Å². The number of nitrogens with zero attached hydrogens (tertiary/aromatic N) is 2. The molecule has 1 aliphatic heterocycles. The molecule has 1 amide bonds. The number of sulfonamides is 1. The lowest BCUT2D eigenvalue weighted by atomic mass is 10.2. The molecule has 0 atom stereocenters. The van der Waals surface area contributed by atoms with Gasteiger partial charge in [-0.2, -0.15) is 0 Å². The molecule has 150 valence electrons. The van der Waals surface area contributed by atoms with Gasteiger partial charge < -0.3 is 14.4 Å². The smallest absolute Gasteiger partial charge is 0.264 e. The van der Waals surface area contributed by atoms with Gasteiger partial charge >= 0.3 is 0 Å². The molecule has 1 aliphatic rings. The molecule has 0 unspecified atom stereocenters. The minimum Gasteiger partial charge on any atom is -0.497 e. The van der Waals surface area contributed by atoms with E-state index in [1.54, 1.807) is 53.4 Å². The van der Waals surface area contributed by atoms with E-state index in [0.717, 1.165) is 9.87 Å². The van der Waals surface area contributed by atoms with Crippen LogP contribution in [-0.2, 0) is 19.6 Å². The Morgan fingerprint density at radius 1 is 1.14 bits per heavy atom. The summed E-state index contributed by atoms with van der Waals surface area (Å²) < 4.78 is 38.3. The fourth-order valence-electron chi connectivity index (χ4n) is 2.95. The number of rotatable bonds is 6. The number of carbonyl (C=O) groups excluding carboxylic acids is 1. The predicted molar refractivity (Wildman–Crippen MR) is 106 cm³/mol. The van der Waals surface area contributed by atoms with Crippen LogP contribution < -0.4 is 9.04 Å². The van der Waals surface area contributed by atoms with Crippen molar-refractivity contribution in [1.29, 1.82) is 0 Å². The largest absolute Gasteiger partial charge is 0.497 e. The van der Waals surface area contributed by atoms with Gasteiger partial charge in [0.15, 0.2) is 0 Å². The van der Waals surface area contributed by atoms with E-state index < -0.39 is 10.0 Å². The average molecular weight is 404 g/mol. The summed E-state index contributed by atoms with van der Waals surface area (Å²) in [5.41, 5.74) is 1.33. The van der Waals surface area contributed by atoms with Crippen LogP contribution in [0.4, 0.5) is 5.69 Å². The molecule has 2 aromatic carbocycles. The van der Waals surface area contributed by atoms with Gasteiger partial charge in [0.1, 0.15) is 12.3 Å². The number of morpholine rings is 1. The van der Waals surface area contributed by atoms with Crippen LogP contribution in [-0.4, -0.2) is 59.2 Å². The number of hydrogen-bond acceptors (Lipinski definition) is 5. The first-order valence-electron chi connectivity index (χ1n) is 9.01. The Bertz CT molecular complexity index is 922. The third-order valence-electron chi connectivity index (χ3n) is 4.59. The van der Waals surface area contributed by atoms with E-state index in [9.17, 15) is 13.2 Å². The van der Waals surface area contributed by atoms with Gasteiger partial charge in [0.25, 0.3) is 10.0 Å². The Morgan fingerprint density at radius 3 is 2.46 bits per heavy atom. The third-order valence-corrected chi connectivity index (χ3v) is 6.38. The number of carbonyl (C=O) groups is 1. The summed E-state index contributed by atoms with van der Waals surface area (Å²) in [7, 11) is -2.42. The summed E-state index contributed by atoms with van der Waals surface area (Å²) in [4.78, 5) is 14.6. The summed E-state index contributed by atoms with van der Waals surface area (Å²) >= 11 is 0. The molecule has 0 aliphatic carbocycles. The van der Waals surface area contributed by atoms with Crippen LogP contribution in [0.25, 0.3) is 0 Å². The Morgan fingerprint density at radius 2 is 1.82 bits per heavy atom. The highest BCUT2D eigenvalue weighted by Gasteiger charge is 2.29. The quantitative estimate of drug-likeness (QED) is 0.737. The standard InChI is InChI=1S/C20H24N2O5S/c1-16-6-8-19(9-7-16)28(24,25)22(17-4-3-5-18(14-17)26-2)15-20(23)21-10-12-27-13-11-21/h3-9,14H,10-13,15H2,1-2H3. The molecule has 1 saturated heterocycles. The van der Waals surface area contributed by atoms with Gasteiger partial charge in [-0.1, -0.05) is 23.8 Å². The summed E-state index contributed by atoms with van der Waals surface area (Å²) in [5.74, 6) is 0.252. The van der Waals surface area contributed by atoms with E-state index >= 15 is 0 Å². The number of methoxy groups -OCH3 is 1. The fourth-order valence-corrected chi connectivity index (χ4v) is 4.36. The van der Waals surface area contributed by atoms with Crippen LogP contribution in [0.15, 0.2) is 53.4 Å². The first kappa shape index (κ1) is 20.2. The Balaban J connectivity index is 1.97. The van der Waals surface area contributed by atoms with Gasteiger partial charge in [-0.3, -0.25) is 9.10 Å². The van der Waals surface area contributed by atoms with Gasteiger partial charge in [-0.05, 0) is 31.2 Å². The number of amides is 1. The van der Waals surface area contributed by atoms with E-state index in [-0.39, 0.29) is 17.3 Å². The summed E-state index contributed by atoms with van der Waals surface area (Å²) in [6.45, 7) is 3.41. The zero-order valence-electron chi connectivity index (χ0n) is 16.0. The zero-order chi connectivity index (χ0) is 20.1. The van der Waals surface area contributed by atoms with Crippen molar-refractivity contribution < 1.29 is 22.7 Å². The van der Waals surface area contributed by atoms with Crippen molar-refractivity contribution in [3.05, 3.63) is 54.1 Å². The number of anilines is 1. The van der Waals surface area contributed by atoms with Crippen LogP contribution in [0.5, 0.6) is 5.75 Å². The second-order valence-corrected chi connectivity index (χ2v) is 8.38. The first-order chi connectivity index (χ1) is 13.4. The summed E-state index contributed by atoms with van der Waals surface area (Å²) in [6.07, 6.45) is 0. The second kappa shape index (κ2) is 8.62. The third kappa shape index (κ3) is 4.45. The average Bonchev–Trinajstić information content (AvgIpc) is 2.72. The minimum atomic E-state index is -3.93. The fraction of sp³-hybridized carbons (Fsp3) is 0.350. The van der Waals surface area contributed by atoms with Gasteiger partial charge in [0.05, 0.1) is 30.9 Å². The molecule has 1 fully saturated rings. The van der Waals surface area contributed by atoms with E-state index in [0.29, 0.717) is 37.7 Å². The van der Waals surface area contributed by atoms with E-state index in [4.69, 9.17) is 9.47 Å². The summed E-state index contributed by atoms with van der Waals surface area (Å²) in [5, 5.41) is 0. The molecule has 0 aromatic heterocycles.